The van der Waals surface area contributed by atoms with E-state index in [4.69, 9.17) is 0 Å². The van der Waals surface area contributed by atoms with Crippen LogP contribution in [0.1, 0.15) is 28.6 Å². The van der Waals surface area contributed by atoms with Crippen LogP contribution in [0.3, 0.4) is 0 Å². The summed E-state index contributed by atoms with van der Waals surface area (Å²) in [5.41, 5.74) is 0. The third-order valence-corrected chi connectivity index (χ3v) is 6.17. The van der Waals surface area contributed by atoms with Gasteiger partial charge in [-0.2, -0.15) is 0 Å². The van der Waals surface area contributed by atoms with Crippen LogP contribution in [0.2, 0.25) is 0 Å². The van der Waals surface area contributed by atoms with Gasteiger partial charge in [0, 0.05) is 22.3 Å². The van der Waals surface area contributed by atoms with Crippen LogP contribution < -0.4 is 10.0 Å². The summed E-state index contributed by atoms with van der Waals surface area (Å²) in [5, 5.41) is 11.9. The van der Waals surface area contributed by atoms with Crippen molar-refractivity contribution in [1.82, 2.24) is 15.5 Å². The molecule has 0 unspecified atom stereocenters. The van der Waals surface area contributed by atoms with E-state index < -0.39 is 10.0 Å². The summed E-state index contributed by atoms with van der Waals surface area (Å²) in [6, 6.07) is 2.07. The van der Waals surface area contributed by atoms with Gasteiger partial charge in [-0.1, -0.05) is 25.2 Å². The summed E-state index contributed by atoms with van der Waals surface area (Å²) in [7, 11) is -3.61. The fourth-order valence-electron chi connectivity index (χ4n) is 1.69. The molecule has 0 atom stereocenters. The Kier molecular flexibility index (Phi) is 4.97. The molecule has 2 aromatic rings. The lowest BCUT2D eigenvalue weighted by atomic mass is 10.3. The summed E-state index contributed by atoms with van der Waals surface area (Å²) in [6.07, 6.45) is 0. The third kappa shape index (κ3) is 4.22. The highest BCUT2D eigenvalue weighted by molar-refractivity contribution is 7.93. The minimum atomic E-state index is -3.61. The minimum absolute atomic E-state index is 0.292. The van der Waals surface area contributed by atoms with Crippen molar-refractivity contribution in [3.63, 3.8) is 0 Å². The topological polar surface area (TPSA) is 84.0 Å². The molecule has 116 valence electrons. The second-order valence-electron chi connectivity index (χ2n) is 4.90. The number of hydrogen-bond donors (Lipinski definition) is 2. The quantitative estimate of drug-likeness (QED) is 0.839. The zero-order chi connectivity index (χ0) is 15.6. The molecular weight excluding hydrogens is 328 g/mol. The molecule has 0 saturated heterocycles. The first kappa shape index (κ1) is 16.3. The lowest BCUT2D eigenvalue weighted by molar-refractivity contribution is 0.592. The number of aryl methyl sites for hydroxylation is 2. The molecule has 2 aromatic heterocycles. The molecule has 0 amide bonds. The van der Waals surface area contributed by atoms with E-state index >= 15 is 0 Å². The molecule has 9 heteroatoms. The molecule has 21 heavy (non-hydrogen) atoms. The molecule has 2 N–H and O–H groups in total. The van der Waals surface area contributed by atoms with E-state index in [9.17, 15) is 8.42 Å². The molecule has 0 spiro atoms. The minimum Gasteiger partial charge on any atom is -0.310 e. The molecule has 0 aliphatic carbocycles. The molecule has 0 saturated carbocycles. The standard InChI is InChI=1S/C12H18N4O2S3/c1-7(2)13-6-10-5-11(8(3)19-10)21(17,18)16-12-15-14-9(4)20-12/h5,7,13H,6H2,1-4H3,(H,15,16). The van der Waals surface area contributed by atoms with Crippen molar-refractivity contribution in [2.45, 2.75) is 45.2 Å². The summed E-state index contributed by atoms with van der Waals surface area (Å²) < 4.78 is 27.3. The lowest BCUT2D eigenvalue weighted by Gasteiger charge is -2.05. The number of rotatable bonds is 6. The highest BCUT2D eigenvalue weighted by Crippen LogP contribution is 2.28. The van der Waals surface area contributed by atoms with E-state index in [1.54, 1.807) is 13.0 Å². The van der Waals surface area contributed by atoms with Gasteiger partial charge < -0.3 is 5.32 Å². The molecule has 0 aliphatic heterocycles. The molecule has 0 fully saturated rings. The Labute approximate surface area is 132 Å². The van der Waals surface area contributed by atoms with Gasteiger partial charge in [-0.05, 0) is 19.9 Å². The van der Waals surface area contributed by atoms with Gasteiger partial charge in [0.15, 0.2) is 0 Å². The first-order valence-electron chi connectivity index (χ1n) is 6.43. The third-order valence-electron chi connectivity index (χ3n) is 2.65. The maximum atomic E-state index is 12.4. The maximum absolute atomic E-state index is 12.4. The van der Waals surface area contributed by atoms with E-state index in [0.29, 0.717) is 22.6 Å². The number of aromatic nitrogens is 2. The van der Waals surface area contributed by atoms with Crippen LogP contribution in [0, 0.1) is 13.8 Å². The van der Waals surface area contributed by atoms with Crippen LogP contribution in [0.5, 0.6) is 0 Å². The van der Waals surface area contributed by atoms with Crippen molar-refractivity contribution in [1.29, 1.82) is 0 Å². The lowest BCUT2D eigenvalue weighted by Crippen LogP contribution is -2.21. The van der Waals surface area contributed by atoms with Crippen molar-refractivity contribution in [2.75, 3.05) is 4.72 Å². The van der Waals surface area contributed by atoms with Crippen LogP contribution in [0.15, 0.2) is 11.0 Å². The van der Waals surface area contributed by atoms with E-state index in [1.807, 2.05) is 6.92 Å². The van der Waals surface area contributed by atoms with Gasteiger partial charge in [-0.15, -0.1) is 21.5 Å². The second kappa shape index (κ2) is 6.39. The molecule has 0 bridgehead atoms. The van der Waals surface area contributed by atoms with Crippen molar-refractivity contribution >= 4 is 37.8 Å². The molecule has 6 nitrogen and oxygen atoms in total. The Morgan fingerprint density at radius 3 is 2.52 bits per heavy atom. The Morgan fingerprint density at radius 1 is 1.24 bits per heavy atom. The van der Waals surface area contributed by atoms with Crippen molar-refractivity contribution < 1.29 is 8.42 Å². The summed E-state index contributed by atoms with van der Waals surface area (Å²) in [4.78, 5) is 2.07. The van der Waals surface area contributed by atoms with Gasteiger partial charge in [-0.3, -0.25) is 4.72 Å². The molecular formula is C12H18N4O2S3. The fourth-order valence-corrected chi connectivity index (χ4v) is 5.10. The van der Waals surface area contributed by atoms with Crippen LogP contribution in [-0.4, -0.2) is 24.7 Å². The van der Waals surface area contributed by atoms with E-state index in [2.05, 4.69) is 34.1 Å². The number of hydrogen-bond acceptors (Lipinski definition) is 7. The molecule has 2 heterocycles. The smallest absolute Gasteiger partial charge is 0.264 e. The van der Waals surface area contributed by atoms with E-state index in [0.717, 1.165) is 14.8 Å². The van der Waals surface area contributed by atoms with E-state index in [-0.39, 0.29) is 0 Å². The maximum Gasteiger partial charge on any atom is 0.264 e. The second-order valence-corrected chi connectivity index (χ2v) is 9.07. The average molecular weight is 347 g/mol. The Hall–Kier alpha value is -1.03. The van der Waals surface area contributed by atoms with Gasteiger partial charge in [0.25, 0.3) is 10.0 Å². The van der Waals surface area contributed by atoms with Gasteiger partial charge in [0.05, 0.1) is 0 Å². The number of thiophene rings is 1. The molecule has 0 aliphatic rings. The molecule has 2 rings (SSSR count). The first-order valence-corrected chi connectivity index (χ1v) is 9.55. The SMILES string of the molecule is Cc1nnc(NS(=O)(=O)c2cc(CNC(C)C)sc2C)s1. The number of sulfonamides is 1. The number of anilines is 1. The highest BCUT2D eigenvalue weighted by atomic mass is 32.2. The Morgan fingerprint density at radius 2 is 1.95 bits per heavy atom. The Bertz CT molecular complexity index is 719. The fraction of sp³-hybridized carbons (Fsp3) is 0.500. The van der Waals surface area contributed by atoms with Crippen molar-refractivity contribution in [3.8, 4) is 0 Å². The van der Waals surface area contributed by atoms with Crippen LogP contribution in [0.25, 0.3) is 0 Å². The van der Waals surface area contributed by atoms with Crippen LogP contribution in [0.4, 0.5) is 5.13 Å². The predicted molar refractivity (Wildman–Crippen MR) is 86.5 cm³/mol. The first-order chi connectivity index (χ1) is 9.78. The normalized spacial score (nSPS) is 12.0. The zero-order valence-corrected chi connectivity index (χ0v) is 14.7. The Balaban J connectivity index is 2.19. The molecule has 0 aromatic carbocycles. The molecule has 0 radical (unpaired) electrons. The van der Waals surface area contributed by atoms with Gasteiger partial charge in [0.2, 0.25) is 5.13 Å². The van der Waals surface area contributed by atoms with Gasteiger partial charge in [-0.25, -0.2) is 8.42 Å². The largest absolute Gasteiger partial charge is 0.310 e. The van der Waals surface area contributed by atoms with Crippen LogP contribution >= 0.6 is 22.7 Å². The number of nitrogens with one attached hydrogen (secondary N) is 2. The van der Waals surface area contributed by atoms with Gasteiger partial charge >= 0.3 is 0 Å². The summed E-state index contributed by atoms with van der Waals surface area (Å²) in [5.74, 6) is 0. The summed E-state index contributed by atoms with van der Waals surface area (Å²) in [6.45, 7) is 8.36. The average Bonchev–Trinajstić information content (AvgIpc) is 2.93. The summed E-state index contributed by atoms with van der Waals surface area (Å²) >= 11 is 2.70. The van der Waals surface area contributed by atoms with Crippen molar-refractivity contribution in [3.05, 3.63) is 20.8 Å². The van der Waals surface area contributed by atoms with Crippen LogP contribution in [-0.2, 0) is 16.6 Å². The number of nitrogens with zero attached hydrogens (tertiary/aromatic N) is 2. The van der Waals surface area contributed by atoms with Gasteiger partial charge in [0.1, 0.15) is 9.90 Å². The predicted octanol–water partition coefficient (Wildman–Crippen LogP) is 2.52. The monoisotopic (exact) mass is 346 g/mol. The van der Waals surface area contributed by atoms with E-state index in [1.165, 1.54) is 22.7 Å². The highest BCUT2D eigenvalue weighted by Gasteiger charge is 2.21. The van der Waals surface area contributed by atoms with Crippen molar-refractivity contribution in [2.24, 2.45) is 0 Å². The zero-order valence-electron chi connectivity index (χ0n) is 12.3.